The molecule has 0 unspecified atom stereocenters. The van der Waals surface area contributed by atoms with Crippen molar-refractivity contribution in [1.82, 2.24) is 10.2 Å². The molecule has 1 N–H and O–H groups in total. The standard InChI is InChI=1S/C24H28Cl2N2O3/c1-16-12-21(10-11-22(16)26)31-15-23(29)28(14-18-6-5-7-19(25)13-18)17(2)24(30)27-20-8-3-4-9-20/h5-7,10-13,17,20H,3-4,8-9,14-15H2,1-2H3,(H,27,30)/t17-/m0/s1. The first-order valence-electron chi connectivity index (χ1n) is 10.6. The van der Waals surface area contributed by atoms with Gasteiger partial charge in [-0.2, -0.15) is 0 Å². The quantitative estimate of drug-likeness (QED) is 0.589. The third-order valence-electron chi connectivity index (χ3n) is 5.60. The molecule has 2 amide bonds. The number of halogens is 2. The maximum atomic E-state index is 13.1. The van der Waals surface area contributed by atoms with Crippen LogP contribution in [0.4, 0.5) is 0 Å². The molecule has 166 valence electrons. The fraction of sp³-hybridized carbons (Fsp3) is 0.417. The molecule has 2 aromatic rings. The Bertz CT molecular complexity index is 929. The third-order valence-corrected chi connectivity index (χ3v) is 6.26. The molecule has 3 rings (SSSR count). The van der Waals surface area contributed by atoms with Crippen LogP contribution in [-0.4, -0.2) is 35.4 Å². The summed E-state index contributed by atoms with van der Waals surface area (Å²) in [6, 6.07) is 12.1. The molecule has 7 heteroatoms. The van der Waals surface area contributed by atoms with Crippen molar-refractivity contribution in [2.24, 2.45) is 0 Å². The second kappa shape index (κ2) is 10.9. The molecular formula is C24H28Cl2N2O3. The molecule has 0 spiro atoms. The zero-order valence-corrected chi connectivity index (χ0v) is 19.4. The number of nitrogens with zero attached hydrogens (tertiary/aromatic N) is 1. The molecule has 1 fully saturated rings. The summed E-state index contributed by atoms with van der Waals surface area (Å²) < 4.78 is 5.70. The van der Waals surface area contributed by atoms with Gasteiger partial charge in [-0.25, -0.2) is 0 Å². The smallest absolute Gasteiger partial charge is 0.261 e. The number of amides is 2. The van der Waals surface area contributed by atoms with Crippen LogP contribution >= 0.6 is 23.2 Å². The highest BCUT2D eigenvalue weighted by Gasteiger charge is 2.28. The van der Waals surface area contributed by atoms with Gasteiger partial charge in [0, 0.05) is 22.6 Å². The molecule has 1 atom stereocenters. The number of nitrogens with one attached hydrogen (secondary N) is 1. The van der Waals surface area contributed by atoms with Crippen molar-refractivity contribution >= 4 is 35.0 Å². The zero-order chi connectivity index (χ0) is 22.4. The highest BCUT2D eigenvalue weighted by Crippen LogP contribution is 2.22. The highest BCUT2D eigenvalue weighted by molar-refractivity contribution is 6.31. The van der Waals surface area contributed by atoms with Gasteiger partial charge in [0.1, 0.15) is 11.8 Å². The second-order valence-corrected chi connectivity index (χ2v) is 8.86. The number of benzene rings is 2. The summed E-state index contributed by atoms with van der Waals surface area (Å²) in [5.74, 6) is 0.132. The van der Waals surface area contributed by atoms with Crippen molar-refractivity contribution < 1.29 is 14.3 Å². The van der Waals surface area contributed by atoms with E-state index in [1.54, 1.807) is 42.2 Å². The first kappa shape index (κ1) is 23.4. The number of carbonyl (C=O) groups excluding carboxylic acids is 2. The van der Waals surface area contributed by atoms with E-state index < -0.39 is 6.04 Å². The SMILES string of the molecule is Cc1cc(OCC(=O)N(Cc2cccc(Cl)c2)[C@@H](C)C(=O)NC2CCCC2)ccc1Cl. The van der Waals surface area contributed by atoms with Gasteiger partial charge in [0.15, 0.2) is 6.61 Å². The zero-order valence-electron chi connectivity index (χ0n) is 17.9. The lowest BCUT2D eigenvalue weighted by Gasteiger charge is -2.29. The number of carbonyl (C=O) groups is 2. The van der Waals surface area contributed by atoms with Crippen LogP contribution in [0.1, 0.15) is 43.7 Å². The molecule has 0 radical (unpaired) electrons. The number of hydrogen-bond acceptors (Lipinski definition) is 3. The summed E-state index contributed by atoms with van der Waals surface area (Å²) >= 11 is 12.2. The molecule has 1 aliphatic rings. The van der Waals surface area contributed by atoms with E-state index in [0.29, 0.717) is 15.8 Å². The van der Waals surface area contributed by atoms with E-state index in [9.17, 15) is 9.59 Å². The molecule has 1 saturated carbocycles. The van der Waals surface area contributed by atoms with Crippen molar-refractivity contribution in [1.29, 1.82) is 0 Å². The van der Waals surface area contributed by atoms with Gasteiger partial charge in [-0.3, -0.25) is 9.59 Å². The first-order valence-corrected chi connectivity index (χ1v) is 11.3. The normalized spacial score (nSPS) is 14.8. The number of ether oxygens (including phenoxy) is 1. The second-order valence-electron chi connectivity index (χ2n) is 8.02. The van der Waals surface area contributed by atoms with E-state index in [4.69, 9.17) is 27.9 Å². The fourth-order valence-electron chi connectivity index (χ4n) is 3.74. The summed E-state index contributed by atoms with van der Waals surface area (Å²) in [6.45, 7) is 3.71. The number of rotatable bonds is 8. The minimum atomic E-state index is -0.636. The van der Waals surface area contributed by atoms with Crippen molar-refractivity contribution in [2.75, 3.05) is 6.61 Å². The lowest BCUT2D eigenvalue weighted by atomic mass is 10.1. The van der Waals surface area contributed by atoms with Crippen molar-refractivity contribution in [3.05, 3.63) is 63.6 Å². The van der Waals surface area contributed by atoms with Crippen LogP contribution in [0.2, 0.25) is 10.0 Å². The van der Waals surface area contributed by atoms with Gasteiger partial charge < -0.3 is 15.0 Å². The Balaban J connectivity index is 1.72. The lowest BCUT2D eigenvalue weighted by Crippen LogP contribution is -2.50. The van der Waals surface area contributed by atoms with Crippen molar-refractivity contribution in [3.8, 4) is 5.75 Å². The molecule has 31 heavy (non-hydrogen) atoms. The lowest BCUT2D eigenvalue weighted by molar-refractivity contribution is -0.142. The Morgan fingerprint density at radius 2 is 1.90 bits per heavy atom. The molecular weight excluding hydrogens is 435 g/mol. The van der Waals surface area contributed by atoms with E-state index in [0.717, 1.165) is 36.8 Å². The Labute approximate surface area is 193 Å². The summed E-state index contributed by atoms with van der Waals surface area (Å²) in [7, 11) is 0. The van der Waals surface area contributed by atoms with Crippen molar-refractivity contribution in [2.45, 2.75) is 58.2 Å². The van der Waals surface area contributed by atoms with Gasteiger partial charge in [-0.1, -0.05) is 48.2 Å². The number of hydrogen-bond donors (Lipinski definition) is 1. The Morgan fingerprint density at radius 3 is 2.58 bits per heavy atom. The van der Waals surface area contributed by atoms with Crippen LogP contribution in [0.5, 0.6) is 5.75 Å². The van der Waals surface area contributed by atoms with Crippen LogP contribution in [0.15, 0.2) is 42.5 Å². The Morgan fingerprint density at radius 1 is 1.16 bits per heavy atom. The van der Waals surface area contributed by atoms with Crippen molar-refractivity contribution in [3.63, 3.8) is 0 Å². The van der Waals surface area contributed by atoms with Gasteiger partial charge in [0.2, 0.25) is 5.91 Å². The molecule has 5 nitrogen and oxygen atoms in total. The summed E-state index contributed by atoms with van der Waals surface area (Å²) in [4.78, 5) is 27.5. The fourth-order valence-corrected chi connectivity index (χ4v) is 4.07. The average Bonchev–Trinajstić information content (AvgIpc) is 3.25. The molecule has 0 heterocycles. The average molecular weight is 463 g/mol. The molecule has 0 aliphatic heterocycles. The Kier molecular flexibility index (Phi) is 8.22. The van der Waals surface area contributed by atoms with E-state index >= 15 is 0 Å². The summed E-state index contributed by atoms with van der Waals surface area (Å²) in [5, 5.41) is 4.31. The largest absolute Gasteiger partial charge is 0.484 e. The minimum absolute atomic E-state index is 0.149. The number of aryl methyl sites for hydroxylation is 1. The summed E-state index contributed by atoms with van der Waals surface area (Å²) in [5.41, 5.74) is 1.72. The monoisotopic (exact) mass is 462 g/mol. The van der Waals surface area contributed by atoms with Gasteiger partial charge >= 0.3 is 0 Å². The third kappa shape index (κ3) is 6.62. The topological polar surface area (TPSA) is 58.6 Å². The van der Waals surface area contributed by atoms with E-state index in [1.165, 1.54) is 0 Å². The Hall–Kier alpha value is -2.24. The first-order chi connectivity index (χ1) is 14.8. The predicted octanol–water partition coefficient (Wildman–Crippen LogP) is 5.16. The van der Waals surface area contributed by atoms with E-state index in [2.05, 4.69) is 5.32 Å². The maximum Gasteiger partial charge on any atom is 0.261 e. The van der Waals surface area contributed by atoms with Gasteiger partial charge in [0.05, 0.1) is 0 Å². The van der Waals surface area contributed by atoms with Crippen LogP contribution in [0, 0.1) is 6.92 Å². The molecule has 0 aromatic heterocycles. The van der Waals surface area contributed by atoms with Crippen LogP contribution in [-0.2, 0) is 16.1 Å². The molecule has 0 saturated heterocycles. The van der Waals surface area contributed by atoms with Crippen LogP contribution < -0.4 is 10.1 Å². The maximum absolute atomic E-state index is 13.1. The van der Waals surface area contributed by atoms with Gasteiger partial charge in [-0.15, -0.1) is 0 Å². The van der Waals surface area contributed by atoms with E-state index in [1.807, 2.05) is 19.1 Å². The summed E-state index contributed by atoms with van der Waals surface area (Å²) in [6.07, 6.45) is 4.22. The van der Waals surface area contributed by atoms with Crippen LogP contribution in [0.25, 0.3) is 0 Å². The van der Waals surface area contributed by atoms with Gasteiger partial charge in [0.25, 0.3) is 5.91 Å². The highest BCUT2D eigenvalue weighted by atomic mass is 35.5. The molecule has 1 aliphatic carbocycles. The molecule has 0 bridgehead atoms. The van der Waals surface area contributed by atoms with Crippen LogP contribution in [0.3, 0.4) is 0 Å². The predicted molar refractivity (Wildman–Crippen MR) is 124 cm³/mol. The van der Waals surface area contributed by atoms with E-state index in [-0.39, 0.29) is 31.0 Å². The minimum Gasteiger partial charge on any atom is -0.484 e. The van der Waals surface area contributed by atoms with Gasteiger partial charge in [-0.05, 0) is 68.1 Å². The molecule has 2 aromatic carbocycles.